The lowest BCUT2D eigenvalue weighted by atomic mass is 10.1. The highest BCUT2D eigenvalue weighted by Crippen LogP contribution is 2.19. The molecule has 9 heteroatoms. The van der Waals surface area contributed by atoms with Crippen LogP contribution in [0.25, 0.3) is 11.3 Å². The molecule has 0 aliphatic carbocycles. The minimum absolute atomic E-state index is 0.331. The van der Waals surface area contributed by atoms with Crippen molar-refractivity contribution in [1.82, 2.24) is 4.98 Å². The van der Waals surface area contributed by atoms with E-state index in [1.807, 2.05) is 0 Å². The molecule has 1 N–H and O–H groups in total. The molecule has 2 aromatic rings. The van der Waals surface area contributed by atoms with E-state index in [4.69, 9.17) is 0 Å². The molecule has 0 fully saturated rings. The van der Waals surface area contributed by atoms with Gasteiger partial charge in [-0.25, -0.2) is 14.0 Å². The third-order valence-corrected chi connectivity index (χ3v) is 2.78. The Kier molecular flexibility index (Phi) is 5.12. The first-order valence-electron chi connectivity index (χ1n) is 6.53. The maximum atomic E-state index is 12.8. The number of anilines is 1. The van der Waals surface area contributed by atoms with Gasteiger partial charge in [0.25, 0.3) is 0 Å². The molecule has 0 bridgehead atoms. The highest BCUT2D eigenvalue weighted by Gasteiger charge is 2.42. The fourth-order valence-corrected chi connectivity index (χ4v) is 1.66. The van der Waals surface area contributed by atoms with E-state index in [2.05, 4.69) is 15.0 Å². The molecule has 0 amide bonds. The summed E-state index contributed by atoms with van der Waals surface area (Å²) >= 11 is 0. The van der Waals surface area contributed by atoms with Gasteiger partial charge in [-0.2, -0.15) is 13.2 Å². The summed E-state index contributed by atoms with van der Waals surface area (Å²) in [6.45, 7) is -0.639. The quantitative estimate of drug-likeness (QED) is 0.526. The molecule has 126 valence electrons. The van der Waals surface area contributed by atoms with Crippen LogP contribution in [0.15, 0.2) is 42.6 Å². The number of ether oxygens (including phenoxy) is 1. The van der Waals surface area contributed by atoms with Gasteiger partial charge in [0.05, 0.1) is 17.6 Å². The molecule has 0 aliphatic heterocycles. The smallest absolute Gasteiger partial charge is 0.385 e. The summed E-state index contributed by atoms with van der Waals surface area (Å²) in [7, 11) is 0. The predicted molar refractivity (Wildman–Crippen MR) is 75.3 cm³/mol. The molecular formula is C15H10F4N2O3. The van der Waals surface area contributed by atoms with E-state index >= 15 is 0 Å². The van der Waals surface area contributed by atoms with E-state index in [0.29, 0.717) is 16.9 Å². The minimum Gasteiger partial charge on any atom is -0.385 e. The first-order chi connectivity index (χ1) is 11.3. The number of hydrogen-bond acceptors (Lipinski definition) is 5. The Bertz CT molecular complexity index is 728. The van der Waals surface area contributed by atoms with Crippen LogP contribution in [0.2, 0.25) is 0 Å². The van der Waals surface area contributed by atoms with Crippen molar-refractivity contribution < 1.29 is 31.9 Å². The van der Waals surface area contributed by atoms with Crippen LogP contribution in [0.4, 0.5) is 23.2 Å². The summed E-state index contributed by atoms with van der Waals surface area (Å²) in [5.41, 5.74) is 1.53. The van der Waals surface area contributed by atoms with Gasteiger partial charge in [0.15, 0.2) is 0 Å². The number of carbonyl (C=O) groups is 2. The van der Waals surface area contributed by atoms with Gasteiger partial charge in [-0.05, 0) is 36.4 Å². The summed E-state index contributed by atoms with van der Waals surface area (Å²) in [6, 6.07) is 8.70. The second-order valence-corrected chi connectivity index (χ2v) is 4.55. The largest absolute Gasteiger partial charge is 0.491 e. The molecule has 1 aromatic heterocycles. The maximum absolute atomic E-state index is 12.8. The van der Waals surface area contributed by atoms with Gasteiger partial charge in [-0.1, -0.05) is 0 Å². The molecular weight excluding hydrogens is 332 g/mol. The number of hydrogen-bond donors (Lipinski definition) is 1. The molecule has 0 radical (unpaired) electrons. The van der Waals surface area contributed by atoms with Gasteiger partial charge in [0.1, 0.15) is 12.4 Å². The van der Waals surface area contributed by atoms with Crippen molar-refractivity contribution in [3.05, 3.63) is 48.4 Å². The van der Waals surface area contributed by atoms with Crippen molar-refractivity contribution >= 4 is 17.6 Å². The molecule has 0 aliphatic rings. The number of rotatable bonds is 4. The number of benzene rings is 1. The van der Waals surface area contributed by atoms with Crippen LogP contribution in [0.1, 0.15) is 0 Å². The summed E-state index contributed by atoms with van der Waals surface area (Å²) in [4.78, 5) is 25.7. The van der Waals surface area contributed by atoms with Gasteiger partial charge >= 0.3 is 18.1 Å². The highest BCUT2D eigenvalue weighted by molar-refractivity contribution is 5.90. The van der Waals surface area contributed by atoms with Gasteiger partial charge in [-0.3, -0.25) is 4.98 Å². The number of nitrogens with one attached hydrogen (secondary N) is 1. The Morgan fingerprint density at radius 3 is 2.29 bits per heavy atom. The topological polar surface area (TPSA) is 68.3 Å². The maximum Gasteiger partial charge on any atom is 0.491 e. The molecule has 5 nitrogen and oxygen atoms in total. The number of esters is 2. The second kappa shape index (κ2) is 7.07. The lowest BCUT2D eigenvalue weighted by Crippen LogP contribution is -2.30. The van der Waals surface area contributed by atoms with E-state index in [9.17, 15) is 27.2 Å². The average Bonchev–Trinajstić information content (AvgIpc) is 2.53. The standard InChI is InChI=1S/C15H10F4N2O3/c16-10-3-1-9(2-4-10)12-6-5-11(7-21-12)20-8-13(22)24-14(23)15(17,18)19/h1-7,20H,8H2. The summed E-state index contributed by atoms with van der Waals surface area (Å²) in [6.07, 6.45) is -3.90. The summed E-state index contributed by atoms with van der Waals surface area (Å²) in [5.74, 6) is -4.33. The lowest BCUT2D eigenvalue weighted by Gasteiger charge is -2.08. The monoisotopic (exact) mass is 342 g/mol. The molecule has 24 heavy (non-hydrogen) atoms. The average molecular weight is 342 g/mol. The van der Waals surface area contributed by atoms with E-state index in [1.165, 1.54) is 36.5 Å². The first-order valence-corrected chi connectivity index (χ1v) is 6.53. The molecule has 1 aromatic carbocycles. The van der Waals surface area contributed by atoms with Gasteiger partial charge in [0.2, 0.25) is 0 Å². The van der Waals surface area contributed by atoms with Crippen LogP contribution in [-0.4, -0.2) is 29.6 Å². The van der Waals surface area contributed by atoms with Gasteiger partial charge in [-0.15, -0.1) is 0 Å². The van der Waals surface area contributed by atoms with Crippen molar-refractivity contribution in [3.8, 4) is 11.3 Å². The Labute approximate surface area is 133 Å². The van der Waals surface area contributed by atoms with E-state index in [1.54, 1.807) is 6.07 Å². The SMILES string of the molecule is O=C(CNc1ccc(-c2ccc(F)cc2)nc1)OC(=O)C(F)(F)F. The molecule has 0 saturated carbocycles. The number of aromatic nitrogens is 1. The van der Waals surface area contributed by atoms with Gasteiger partial charge < -0.3 is 10.1 Å². The fraction of sp³-hybridized carbons (Fsp3) is 0.133. The van der Waals surface area contributed by atoms with E-state index in [-0.39, 0.29) is 5.82 Å². The molecule has 0 unspecified atom stereocenters. The number of alkyl halides is 3. The Balaban J connectivity index is 1.91. The number of pyridine rings is 1. The van der Waals surface area contributed by atoms with Crippen molar-refractivity contribution in [2.45, 2.75) is 6.18 Å². The van der Waals surface area contributed by atoms with Crippen LogP contribution >= 0.6 is 0 Å². The Hall–Kier alpha value is -2.97. The summed E-state index contributed by atoms with van der Waals surface area (Å²) < 4.78 is 52.2. The molecule has 0 saturated heterocycles. The fourth-order valence-electron chi connectivity index (χ4n) is 1.66. The highest BCUT2D eigenvalue weighted by atomic mass is 19.4. The zero-order valence-electron chi connectivity index (χ0n) is 11.9. The van der Waals surface area contributed by atoms with Crippen LogP contribution in [0.5, 0.6) is 0 Å². The van der Waals surface area contributed by atoms with Crippen molar-refractivity contribution in [3.63, 3.8) is 0 Å². The Morgan fingerprint density at radius 2 is 1.75 bits per heavy atom. The van der Waals surface area contributed by atoms with Crippen molar-refractivity contribution in [1.29, 1.82) is 0 Å². The van der Waals surface area contributed by atoms with Crippen LogP contribution in [0, 0.1) is 5.82 Å². The zero-order chi connectivity index (χ0) is 17.7. The minimum atomic E-state index is -5.23. The molecule has 1 heterocycles. The lowest BCUT2D eigenvalue weighted by molar-refractivity contribution is -0.201. The van der Waals surface area contributed by atoms with Crippen LogP contribution < -0.4 is 5.32 Å². The number of halogens is 4. The van der Waals surface area contributed by atoms with Crippen LogP contribution in [-0.2, 0) is 14.3 Å². The first kappa shape index (κ1) is 17.4. The summed E-state index contributed by atoms with van der Waals surface area (Å²) in [5, 5.41) is 2.47. The number of carbonyl (C=O) groups excluding carboxylic acids is 2. The normalized spacial score (nSPS) is 11.0. The molecule has 2 rings (SSSR count). The van der Waals surface area contributed by atoms with E-state index in [0.717, 1.165) is 0 Å². The zero-order valence-corrected chi connectivity index (χ0v) is 11.9. The molecule has 0 atom stereocenters. The Morgan fingerprint density at radius 1 is 1.08 bits per heavy atom. The predicted octanol–water partition coefficient (Wildman–Crippen LogP) is 2.93. The number of nitrogens with zero attached hydrogens (tertiary/aromatic N) is 1. The van der Waals surface area contributed by atoms with E-state index < -0.39 is 24.7 Å². The molecule has 0 spiro atoms. The van der Waals surface area contributed by atoms with Crippen molar-refractivity contribution in [2.75, 3.05) is 11.9 Å². The second-order valence-electron chi connectivity index (χ2n) is 4.55. The third-order valence-electron chi connectivity index (χ3n) is 2.78. The van der Waals surface area contributed by atoms with Crippen molar-refractivity contribution in [2.24, 2.45) is 0 Å². The van der Waals surface area contributed by atoms with Crippen LogP contribution in [0.3, 0.4) is 0 Å². The van der Waals surface area contributed by atoms with Gasteiger partial charge in [0, 0.05) is 5.56 Å². The third kappa shape index (κ3) is 4.77.